The van der Waals surface area contributed by atoms with Gasteiger partial charge in [-0.15, -0.1) is 0 Å². The Hall–Kier alpha value is -0.970. The Kier molecular flexibility index (Phi) is 4.20. The van der Waals surface area contributed by atoms with Gasteiger partial charge in [-0.05, 0) is 12.1 Å². The maximum absolute atomic E-state index is 13.4. The van der Waals surface area contributed by atoms with Crippen LogP contribution in [0, 0.1) is 5.82 Å². The molecule has 0 amide bonds. The fourth-order valence-corrected chi connectivity index (χ4v) is 1.43. The standard InChI is InChI=1S/C10H11ClFNO2/c1-15-5-7-8(11)2-6(3-9(7)12)10(14)4-13/h2-3H,4-5,13H2,1H3. The SMILES string of the molecule is COCc1c(F)cc(C(=O)CN)cc1Cl. The van der Waals surface area contributed by atoms with Crippen molar-refractivity contribution >= 4 is 17.4 Å². The number of nitrogens with two attached hydrogens (primary N) is 1. The van der Waals surface area contributed by atoms with Crippen LogP contribution < -0.4 is 5.73 Å². The number of rotatable bonds is 4. The lowest BCUT2D eigenvalue weighted by Crippen LogP contribution is -2.14. The molecule has 15 heavy (non-hydrogen) atoms. The minimum atomic E-state index is -0.554. The van der Waals surface area contributed by atoms with Gasteiger partial charge in [-0.3, -0.25) is 4.79 Å². The number of ether oxygens (including phenoxy) is 1. The van der Waals surface area contributed by atoms with Gasteiger partial charge >= 0.3 is 0 Å². The summed E-state index contributed by atoms with van der Waals surface area (Å²) in [7, 11) is 1.44. The molecule has 1 aromatic carbocycles. The van der Waals surface area contributed by atoms with E-state index in [1.54, 1.807) is 0 Å². The number of hydrogen-bond donors (Lipinski definition) is 1. The fourth-order valence-electron chi connectivity index (χ4n) is 1.16. The van der Waals surface area contributed by atoms with Crippen LogP contribution in [-0.4, -0.2) is 19.4 Å². The van der Waals surface area contributed by atoms with Crippen molar-refractivity contribution in [2.75, 3.05) is 13.7 Å². The summed E-state index contributed by atoms with van der Waals surface area (Å²) in [4.78, 5) is 11.2. The predicted octanol–water partition coefficient (Wildman–Crippen LogP) is 1.77. The normalized spacial score (nSPS) is 10.4. The lowest BCUT2D eigenvalue weighted by Gasteiger charge is -2.07. The summed E-state index contributed by atoms with van der Waals surface area (Å²) < 4.78 is 18.2. The van der Waals surface area contributed by atoms with E-state index in [4.69, 9.17) is 22.1 Å². The van der Waals surface area contributed by atoms with E-state index in [-0.39, 0.29) is 35.1 Å². The van der Waals surface area contributed by atoms with E-state index < -0.39 is 5.82 Å². The van der Waals surface area contributed by atoms with Crippen molar-refractivity contribution < 1.29 is 13.9 Å². The molecule has 5 heteroatoms. The maximum atomic E-state index is 13.4. The molecule has 0 atom stereocenters. The van der Waals surface area contributed by atoms with Gasteiger partial charge in [-0.1, -0.05) is 11.6 Å². The van der Waals surface area contributed by atoms with Crippen molar-refractivity contribution in [3.8, 4) is 0 Å². The molecule has 0 aliphatic heterocycles. The predicted molar refractivity (Wildman–Crippen MR) is 55.5 cm³/mol. The highest BCUT2D eigenvalue weighted by Gasteiger charge is 2.12. The van der Waals surface area contributed by atoms with Gasteiger partial charge in [0.05, 0.1) is 13.2 Å². The van der Waals surface area contributed by atoms with E-state index in [1.807, 2.05) is 0 Å². The average molecular weight is 232 g/mol. The maximum Gasteiger partial charge on any atom is 0.176 e. The first-order chi connectivity index (χ1) is 7.10. The molecule has 0 saturated carbocycles. The quantitative estimate of drug-likeness (QED) is 0.804. The van der Waals surface area contributed by atoms with Crippen LogP contribution in [0.5, 0.6) is 0 Å². The highest BCUT2D eigenvalue weighted by Crippen LogP contribution is 2.22. The summed E-state index contributed by atoms with van der Waals surface area (Å²) >= 11 is 5.80. The van der Waals surface area contributed by atoms with E-state index >= 15 is 0 Å². The van der Waals surface area contributed by atoms with Crippen LogP contribution in [0.15, 0.2) is 12.1 Å². The summed E-state index contributed by atoms with van der Waals surface area (Å²) in [5, 5.41) is 0.175. The smallest absolute Gasteiger partial charge is 0.176 e. The Balaban J connectivity index is 3.13. The number of halogens is 2. The van der Waals surface area contributed by atoms with Crippen molar-refractivity contribution in [2.24, 2.45) is 5.73 Å². The topological polar surface area (TPSA) is 52.3 Å². The van der Waals surface area contributed by atoms with Crippen LogP contribution in [0.3, 0.4) is 0 Å². The van der Waals surface area contributed by atoms with E-state index in [1.165, 1.54) is 13.2 Å². The van der Waals surface area contributed by atoms with Gasteiger partial charge in [0.2, 0.25) is 0 Å². The Morgan fingerprint density at radius 2 is 2.27 bits per heavy atom. The lowest BCUT2D eigenvalue weighted by molar-refractivity contribution is 0.100. The molecule has 0 spiro atoms. The molecule has 82 valence electrons. The highest BCUT2D eigenvalue weighted by atomic mass is 35.5. The summed E-state index contributed by atoms with van der Waals surface area (Å²) in [6.45, 7) is -0.0961. The molecule has 0 bridgehead atoms. The Bertz CT molecular complexity index is 359. The zero-order valence-corrected chi connectivity index (χ0v) is 8.97. The van der Waals surface area contributed by atoms with Crippen LogP contribution in [-0.2, 0) is 11.3 Å². The number of benzene rings is 1. The van der Waals surface area contributed by atoms with Gasteiger partial charge in [0, 0.05) is 23.3 Å². The molecule has 0 saturated heterocycles. The van der Waals surface area contributed by atoms with Crippen molar-refractivity contribution in [1.82, 2.24) is 0 Å². The summed E-state index contributed by atoms with van der Waals surface area (Å²) in [5.74, 6) is -0.902. The van der Waals surface area contributed by atoms with Crippen molar-refractivity contribution in [3.05, 3.63) is 34.1 Å². The fraction of sp³-hybridized carbons (Fsp3) is 0.300. The minimum absolute atomic E-state index is 0.0712. The molecule has 2 N–H and O–H groups in total. The third-order valence-electron chi connectivity index (χ3n) is 1.94. The van der Waals surface area contributed by atoms with E-state index in [2.05, 4.69) is 0 Å². The summed E-state index contributed by atoms with van der Waals surface area (Å²) in [5.41, 5.74) is 5.58. The molecule has 3 nitrogen and oxygen atoms in total. The Labute approximate surface area is 92.0 Å². The largest absolute Gasteiger partial charge is 0.380 e. The van der Waals surface area contributed by atoms with Crippen LogP contribution in [0.4, 0.5) is 4.39 Å². The van der Waals surface area contributed by atoms with E-state index in [0.29, 0.717) is 0 Å². The minimum Gasteiger partial charge on any atom is -0.380 e. The summed E-state index contributed by atoms with van der Waals surface area (Å²) in [6.07, 6.45) is 0. The number of hydrogen-bond acceptors (Lipinski definition) is 3. The van der Waals surface area contributed by atoms with Crippen LogP contribution in [0.1, 0.15) is 15.9 Å². The first-order valence-electron chi connectivity index (χ1n) is 4.30. The van der Waals surface area contributed by atoms with Gasteiger partial charge in [0.15, 0.2) is 5.78 Å². The van der Waals surface area contributed by atoms with Crippen molar-refractivity contribution in [3.63, 3.8) is 0 Å². The first kappa shape index (κ1) is 12.1. The van der Waals surface area contributed by atoms with Gasteiger partial charge in [0.25, 0.3) is 0 Å². The number of carbonyl (C=O) groups excluding carboxylic acids is 1. The second-order valence-electron chi connectivity index (χ2n) is 2.98. The molecule has 0 fully saturated rings. The van der Waals surface area contributed by atoms with Crippen molar-refractivity contribution in [2.45, 2.75) is 6.61 Å². The molecular formula is C10H11ClFNO2. The molecule has 0 aliphatic rings. The average Bonchev–Trinajstić information content (AvgIpc) is 2.22. The highest BCUT2D eigenvalue weighted by molar-refractivity contribution is 6.31. The molecule has 0 aliphatic carbocycles. The number of Topliss-reactive ketones (excluding diaryl/α,β-unsaturated/α-hetero) is 1. The van der Waals surface area contributed by atoms with Gasteiger partial charge in [0.1, 0.15) is 5.82 Å². The third-order valence-corrected chi connectivity index (χ3v) is 2.27. The monoisotopic (exact) mass is 231 g/mol. The second-order valence-corrected chi connectivity index (χ2v) is 3.39. The molecule has 1 rings (SSSR count). The zero-order chi connectivity index (χ0) is 11.4. The molecule has 1 aromatic rings. The van der Waals surface area contributed by atoms with E-state index in [9.17, 15) is 9.18 Å². The molecule has 0 aromatic heterocycles. The third kappa shape index (κ3) is 2.75. The van der Waals surface area contributed by atoms with Crippen LogP contribution >= 0.6 is 11.6 Å². The van der Waals surface area contributed by atoms with Crippen LogP contribution in [0.2, 0.25) is 5.02 Å². The first-order valence-corrected chi connectivity index (χ1v) is 4.68. The van der Waals surface area contributed by atoms with Gasteiger partial charge < -0.3 is 10.5 Å². The van der Waals surface area contributed by atoms with Crippen LogP contribution in [0.25, 0.3) is 0 Å². The molecule has 0 radical (unpaired) electrons. The van der Waals surface area contributed by atoms with E-state index in [0.717, 1.165) is 6.07 Å². The van der Waals surface area contributed by atoms with Crippen molar-refractivity contribution in [1.29, 1.82) is 0 Å². The molecular weight excluding hydrogens is 221 g/mol. The molecule has 0 unspecified atom stereocenters. The zero-order valence-electron chi connectivity index (χ0n) is 8.22. The number of ketones is 1. The second kappa shape index (κ2) is 5.21. The number of carbonyl (C=O) groups is 1. The summed E-state index contributed by atoms with van der Waals surface area (Å²) in [6, 6.07) is 2.52. The Morgan fingerprint density at radius 1 is 1.60 bits per heavy atom. The Morgan fingerprint density at radius 3 is 2.73 bits per heavy atom. The molecule has 0 heterocycles. The number of methoxy groups -OCH3 is 1. The van der Waals surface area contributed by atoms with Gasteiger partial charge in [-0.2, -0.15) is 0 Å². The lowest BCUT2D eigenvalue weighted by atomic mass is 10.1. The van der Waals surface area contributed by atoms with Gasteiger partial charge in [-0.25, -0.2) is 4.39 Å².